The Morgan fingerprint density at radius 2 is 1.84 bits per heavy atom. The first kappa shape index (κ1) is 21.3. The van der Waals surface area contributed by atoms with Gasteiger partial charge in [-0.25, -0.2) is 9.97 Å². The monoisotopic (exact) mass is 426 g/mol. The van der Waals surface area contributed by atoms with E-state index < -0.39 is 0 Å². The maximum atomic E-state index is 12.5. The SMILES string of the molecule is Cc1cnc(N2CCN(C(=O)CCOCCc3cc(C)c4n3CCNC4=O)CC2)nc1. The van der Waals surface area contributed by atoms with E-state index in [-0.39, 0.29) is 11.8 Å². The Hall–Kier alpha value is -2.94. The van der Waals surface area contributed by atoms with Crippen LogP contribution in [0.4, 0.5) is 5.95 Å². The van der Waals surface area contributed by atoms with Crippen molar-refractivity contribution in [3.05, 3.63) is 41.0 Å². The van der Waals surface area contributed by atoms with E-state index in [1.165, 1.54) is 0 Å². The van der Waals surface area contributed by atoms with Gasteiger partial charge in [0.1, 0.15) is 5.69 Å². The smallest absolute Gasteiger partial charge is 0.268 e. The number of fused-ring (bicyclic) bond motifs is 1. The second kappa shape index (κ2) is 9.47. The summed E-state index contributed by atoms with van der Waals surface area (Å²) >= 11 is 0. The molecule has 2 aromatic rings. The van der Waals surface area contributed by atoms with Crippen molar-refractivity contribution in [2.75, 3.05) is 50.8 Å². The molecule has 0 radical (unpaired) electrons. The highest BCUT2D eigenvalue weighted by Gasteiger charge is 2.23. The standard InChI is InChI=1S/C22H30N6O3/c1-16-14-24-22(25-15-16)27-9-7-26(8-10-27)19(29)4-12-31-11-3-18-13-17(2)20-21(30)23-5-6-28(18)20/h13-15H,3-12H2,1-2H3,(H,23,30). The Bertz CT molecular complexity index is 931. The molecule has 1 fully saturated rings. The molecule has 0 atom stereocenters. The van der Waals surface area contributed by atoms with Crippen molar-refractivity contribution in [1.82, 2.24) is 24.8 Å². The Labute approximate surface area is 182 Å². The predicted molar refractivity (Wildman–Crippen MR) is 116 cm³/mol. The highest BCUT2D eigenvalue weighted by atomic mass is 16.5. The fraction of sp³-hybridized carbons (Fsp3) is 0.545. The fourth-order valence-electron chi connectivity index (χ4n) is 4.18. The first-order valence-corrected chi connectivity index (χ1v) is 10.9. The van der Waals surface area contributed by atoms with Gasteiger partial charge in [0.2, 0.25) is 11.9 Å². The number of nitrogens with one attached hydrogen (secondary N) is 1. The number of piperazine rings is 1. The maximum Gasteiger partial charge on any atom is 0.268 e. The fourth-order valence-corrected chi connectivity index (χ4v) is 4.18. The number of aromatic nitrogens is 3. The van der Waals surface area contributed by atoms with Gasteiger partial charge >= 0.3 is 0 Å². The molecule has 1 saturated heterocycles. The number of amides is 2. The molecule has 0 aliphatic carbocycles. The van der Waals surface area contributed by atoms with E-state index in [9.17, 15) is 9.59 Å². The topological polar surface area (TPSA) is 92.6 Å². The molecule has 2 aliphatic heterocycles. The highest BCUT2D eigenvalue weighted by molar-refractivity contribution is 5.95. The number of aryl methyl sites for hydroxylation is 2. The van der Waals surface area contributed by atoms with Crippen LogP contribution < -0.4 is 10.2 Å². The summed E-state index contributed by atoms with van der Waals surface area (Å²) in [6.07, 6.45) is 4.75. The normalized spacial score (nSPS) is 16.3. The predicted octanol–water partition coefficient (Wildman–Crippen LogP) is 0.936. The number of hydrogen-bond acceptors (Lipinski definition) is 6. The van der Waals surface area contributed by atoms with Crippen molar-refractivity contribution in [2.24, 2.45) is 0 Å². The summed E-state index contributed by atoms with van der Waals surface area (Å²) in [6, 6.07) is 2.06. The van der Waals surface area contributed by atoms with Crippen LogP contribution in [-0.2, 0) is 22.5 Å². The van der Waals surface area contributed by atoms with Gasteiger partial charge in [0.05, 0.1) is 19.6 Å². The summed E-state index contributed by atoms with van der Waals surface area (Å²) in [5, 5.41) is 2.88. The third-order valence-corrected chi connectivity index (χ3v) is 5.85. The van der Waals surface area contributed by atoms with Crippen LogP contribution in [0.2, 0.25) is 0 Å². The molecule has 9 heteroatoms. The third kappa shape index (κ3) is 4.87. The average Bonchev–Trinajstić information content (AvgIpc) is 3.11. The second-order valence-corrected chi connectivity index (χ2v) is 8.12. The van der Waals surface area contributed by atoms with Gasteiger partial charge in [0.25, 0.3) is 5.91 Å². The first-order chi connectivity index (χ1) is 15.0. The van der Waals surface area contributed by atoms with E-state index in [2.05, 4.69) is 30.8 Å². The Balaban J connectivity index is 1.17. The summed E-state index contributed by atoms with van der Waals surface area (Å²) < 4.78 is 7.82. The summed E-state index contributed by atoms with van der Waals surface area (Å²) in [5.41, 5.74) is 3.90. The van der Waals surface area contributed by atoms with Crippen molar-refractivity contribution < 1.29 is 14.3 Å². The molecule has 1 N–H and O–H groups in total. The molecule has 4 rings (SSSR count). The van der Waals surface area contributed by atoms with E-state index in [0.29, 0.717) is 39.3 Å². The number of anilines is 1. The van der Waals surface area contributed by atoms with Crippen LogP contribution in [0, 0.1) is 13.8 Å². The number of nitrogens with zero attached hydrogens (tertiary/aromatic N) is 5. The van der Waals surface area contributed by atoms with Crippen LogP contribution in [0.5, 0.6) is 0 Å². The van der Waals surface area contributed by atoms with Gasteiger partial charge in [-0.3, -0.25) is 9.59 Å². The highest BCUT2D eigenvalue weighted by Crippen LogP contribution is 2.18. The molecule has 4 heterocycles. The Morgan fingerprint density at radius 1 is 1.10 bits per heavy atom. The second-order valence-electron chi connectivity index (χ2n) is 8.12. The number of hydrogen-bond donors (Lipinski definition) is 1. The van der Waals surface area contributed by atoms with Gasteiger partial charge < -0.3 is 24.4 Å². The van der Waals surface area contributed by atoms with Gasteiger partial charge in [-0.2, -0.15) is 0 Å². The van der Waals surface area contributed by atoms with Gasteiger partial charge in [-0.15, -0.1) is 0 Å². The van der Waals surface area contributed by atoms with E-state index in [4.69, 9.17) is 4.74 Å². The maximum absolute atomic E-state index is 12.5. The number of ether oxygens (including phenoxy) is 1. The Morgan fingerprint density at radius 3 is 2.58 bits per heavy atom. The minimum absolute atomic E-state index is 0.00412. The largest absolute Gasteiger partial charge is 0.381 e. The average molecular weight is 427 g/mol. The minimum atomic E-state index is -0.00412. The zero-order valence-corrected chi connectivity index (χ0v) is 18.3. The zero-order chi connectivity index (χ0) is 21.8. The molecule has 2 amide bonds. The molecule has 2 aliphatic rings. The van der Waals surface area contributed by atoms with Crippen molar-refractivity contribution in [3.63, 3.8) is 0 Å². The summed E-state index contributed by atoms with van der Waals surface area (Å²) in [5.74, 6) is 0.842. The molecule has 2 aromatic heterocycles. The van der Waals surface area contributed by atoms with Gasteiger partial charge in [0, 0.05) is 63.8 Å². The molecule has 9 nitrogen and oxygen atoms in total. The van der Waals surface area contributed by atoms with Crippen LogP contribution in [0.3, 0.4) is 0 Å². The zero-order valence-electron chi connectivity index (χ0n) is 18.3. The first-order valence-electron chi connectivity index (χ1n) is 10.9. The Kier molecular flexibility index (Phi) is 6.50. The van der Waals surface area contributed by atoms with E-state index in [1.807, 2.05) is 31.1 Å². The molecule has 0 unspecified atom stereocenters. The van der Waals surface area contributed by atoms with Crippen LogP contribution in [0.25, 0.3) is 0 Å². The molecular formula is C22H30N6O3. The summed E-state index contributed by atoms with van der Waals surface area (Å²) in [6.45, 7) is 9.15. The number of carbonyl (C=O) groups is 2. The van der Waals surface area contributed by atoms with Crippen LogP contribution in [0.1, 0.15) is 33.7 Å². The van der Waals surface area contributed by atoms with E-state index in [1.54, 1.807) is 0 Å². The minimum Gasteiger partial charge on any atom is -0.381 e. The molecule has 0 saturated carbocycles. The van der Waals surface area contributed by atoms with Crippen molar-refractivity contribution >= 4 is 17.8 Å². The van der Waals surface area contributed by atoms with Crippen molar-refractivity contribution in [3.8, 4) is 0 Å². The number of carbonyl (C=O) groups excluding carboxylic acids is 2. The summed E-state index contributed by atoms with van der Waals surface area (Å²) in [7, 11) is 0. The van der Waals surface area contributed by atoms with Gasteiger partial charge in [-0.1, -0.05) is 0 Å². The molecule has 166 valence electrons. The quantitative estimate of drug-likeness (QED) is 0.663. The third-order valence-electron chi connectivity index (χ3n) is 5.85. The van der Waals surface area contributed by atoms with Gasteiger partial charge in [-0.05, 0) is 31.0 Å². The lowest BCUT2D eigenvalue weighted by molar-refractivity contribution is -0.132. The van der Waals surface area contributed by atoms with Crippen LogP contribution >= 0.6 is 0 Å². The number of rotatable bonds is 7. The molecule has 0 aromatic carbocycles. The molecule has 0 bridgehead atoms. The van der Waals surface area contributed by atoms with Crippen LogP contribution in [-0.4, -0.2) is 77.2 Å². The molecule has 31 heavy (non-hydrogen) atoms. The van der Waals surface area contributed by atoms with E-state index in [0.717, 1.165) is 54.5 Å². The van der Waals surface area contributed by atoms with Crippen molar-refractivity contribution in [1.29, 1.82) is 0 Å². The van der Waals surface area contributed by atoms with Crippen LogP contribution in [0.15, 0.2) is 18.5 Å². The molecule has 0 spiro atoms. The lowest BCUT2D eigenvalue weighted by atomic mass is 10.2. The summed E-state index contributed by atoms with van der Waals surface area (Å²) in [4.78, 5) is 37.3. The van der Waals surface area contributed by atoms with E-state index >= 15 is 0 Å². The lowest BCUT2D eigenvalue weighted by Crippen LogP contribution is -2.49. The van der Waals surface area contributed by atoms with Crippen molar-refractivity contribution in [2.45, 2.75) is 33.2 Å². The van der Waals surface area contributed by atoms with Gasteiger partial charge in [0.15, 0.2) is 0 Å². The molecular weight excluding hydrogens is 396 g/mol. The lowest BCUT2D eigenvalue weighted by Gasteiger charge is -2.34.